The van der Waals surface area contributed by atoms with Crippen LogP contribution >= 0.6 is 35.6 Å². The van der Waals surface area contributed by atoms with Crippen LogP contribution in [0.4, 0.5) is 0 Å². The van der Waals surface area contributed by atoms with E-state index in [1.807, 2.05) is 18.3 Å². The maximum Gasteiger partial charge on any atom is 0.190 e. The van der Waals surface area contributed by atoms with Crippen LogP contribution in [-0.2, 0) is 6.42 Å². The Morgan fingerprint density at radius 3 is 2.61 bits per heavy atom. The van der Waals surface area contributed by atoms with E-state index >= 15 is 0 Å². The molecule has 0 aromatic carbocycles. The van der Waals surface area contributed by atoms with Crippen molar-refractivity contribution in [1.29, 1.82) is 0 Å². The van der Waals surface area contributed by atoms with Gasteiger partial charge in [-0.2, -0.15) is 0 Å². The molecule has 0 saturated carbocycles. The molecule has 0 amide bonds. The first-order chi connectivity index (χ1) is 10.8. The Balaban J connectivity index is 0.00000264. The molecule has 1 aliphatic rings. The van der Waals surface area contributed by atoms with Gasteiger partial charge in [0.15, 0.2) is 5.96 Å². The lowest BCUT2D eigenvalue weighted by atomic mass is 9.97. The molecule has 128 valence electrons. The average molecular weight is 449 g/mol. The van der Waals surface area contributed by atoms with Gasteiger partial charge in [-0.15, -0.1) is 24.0 Å². The summed E-state index contributed by atoms with van der Waals surface area (Å²) in [5.74, 6) is 0.860. The summed E-state index contributed by atoms with van der Waals surface area (Å²) in [5, 5.41) is 7.24. The second kappa shape index (κ2) is 11.7. The number of pyridine rings is 1. The van der Waals surface area contributed by atoms with Crippen molar-refractivity contribution in [2.24, 2.45) is 4.99 Å². The zero-order valence-corrected chi connectivity index (χ0v) is 16.7. The summed E-state index contributed by atoms with van der Waals surface area (Å²) in [7, 11) is 1.80. The van der Waals surface area contributed by atoms with Gasteiger partial charge in [-0.3, -0.25) is 4.99 Å². The highest BCUT2D eigenvalue weighted by Crippen LogP contribution is 2.19. The van der Waals surface area contributed by atoms with Crippen LogP contribution in [-0.4, -0.2) is 31.1 Å². The number of nitrogens with one attached hydrogen (secondary N) is 2. The largest absolute Gasteiger partial charge is 0.356 e. The Bertz CT molecular complexity index is 514. The van der Waals surface area contributed by atoms with E-state index in [0.717, 1.165) is 31.9 Å². The molecule has 2 N–H and O–H groups in total. The van der Waals surface area contributed by atoms with Crippen LogP contribution in [0.3, 0.4) is 0 Å². The lowest BCUT2D eigenvalue weighted by Crippen LogP contribution is -2.38. The van der Waals surface area contributed by atoms with Crippen LogP contribution < -0.4 is 10.6 Å². The van der Waals surface area contributed by atoms with Crippen molar-refractivity contribution in [2.75, 3.05) is 20.1 Å². The lowest BCUT2D eigenvalue weighted by molar-refractivity contribution is 0.665. The minimum Gasteiger partial charge on any atom is -0.356 e. The monoisotopic (exact) mass is 448 g/mol. The fourth-order valence-corrected chi connectivity index (χ4v) is 2.69. The van der Waals surface area contributed by atoms with E-state index < -0.39 is 0 Å². The van der Waals surface area contributed by atoms with Crippen LogP contribution in [0.1, 0.15) is 37.7 Å². The number of hydrogen-bond donors (Lipinski definition) is 2. The highest BCUT2D eigenvalue weighted by atomic mass is 127. The van der Waals surface area contributed by atoms with Crippen molar-refractivity contribution < 1.29 is 0 Å². The minimum atomic E-state index is 0. The molecule has 6 heteroatoms. The van der Waals surface area contributed by atoms with E-state index in [-0.39, 0.29) is 24.0 Å². The second-order valence-corrected chi connectivity index (χ2v) is 5.91. The SMILES string of the molecule is CN=C(NCCC1=CCCCC1)NCCc1ccc(Cl)nc1.I. The normalized spacial score (nSPS) is 14.7. The number of rotatable bonds is 6. The molecule has 0 atom stereocenters. The molecule has 4 nitrogen and oxygen atoms in total. The van der Waals surface area contributed by atoms with Crippen molar-refractivity contribution in [1.82, 2.24) is 15.6 Å². The van der Waals surface area contributed by atoms with Gasteiger partial charge in [0.25, 0.3) is 0 Å². The molecule has 1 aliphatic carbocycles. The summed E-state index contributed by atoms with van der Waals surface area (Å²) in [6.45, 7) is 1.76. The number of hydrogen-bond acceptors (Lipinski definition) is 2. The predicted octanol–water partition coefficient (Wildman–Crippen LogP) is 3.95. The quantitative estimate of drug-likeness (QED) is 0.228. The number of halogens is 2. The Labute approximate surface area is 161 Å². The topological polar surface area (TPSA) is 49.3 Å². The summed E-state index contributed by atoms with van der Waals surface area (Å²) >= 11 is 5.78. The highest BCUT2D eigenvalue weighted by molar-refractivity contribution is 14.0. The van der Waals surface area contributed by atoms with Crippen LogP contribution in [0.2, 0.25) is 5.15 Å². The first kappa shape index (κ1) is 20.2. The van der Waals surface area contributed by atoms with E-state index in [1.54, 1.807) is 12.6 Å². The zero-order chi connectivity index (χ0) is 15.6. The van der Waals surface area contributed by atoms with Gasteiger partial charge in [0.1, 0.15) is 5.15 Å². The third-order valence-electron chi connectivity index (χ3n) is 3.84. The van der Waals surface area contributed by atoms with Crippen molar-refractivity contribution >= 4 is 41.5 Å². The molecule has 0 unspecified atom stereocenters. The fourth-order valence-electron chi connectivity index (χ4n) is 2.57. The molecule has 0 bridgehead atoms. The Kier molecular flexibility index (Phi) is 10.3. The number of allylic oxidation sites excluding steroid dienone is 1. The van der Waals surface area contributed by atoms with Gasteiger partial charge in [-0.1, -0.05) is 29.3 Å². The van der Waals surface area contributed by atoms with Gasteiger partial charge >= 0.3 is 0 Å². The van der Waals surface area contributed by atoms with Crippen LogP contribution in [0.15, 0.2) is 35.0 Å². The molecule has 1 heterocycles. The molecular formula is C17H26ClIN4. The summed E-state index contributed by atoms with van der Waals surface area (Å²) in [6.07, 6.45) is 11.4. The van der Waals surface area contributed by atoms with Gasteiger partial charge in [0.2, 0.25) is 0 Å². The summed E-state index contributed by atoms with van der Waals surface area (Å²) < 4.78 is 0. The summed E-state index contributed by atoms with van der Waals surface area (Å²) in [4.78, 5) is 8.34. The maximum atomic E-state index is 5.78. The summed E-state index contributed by atoms with van der Waals surface area (Å²) in [6, 6.07) is 3.82. The molecule has 0 aliphatic heterocycles. The number of guanidine groups is 1. The first-order valence-corrected chi connectivity index (χ1v) is 8.38. The van der Waals surface area contributed by atoms with Gasteiger partial charge in [0.05, 0.1) is 0 Å². The minimum absolute atomic E-state index is 0. The Hall–Kier alpha value is -0.820. The lowest BCUT2D eigenvalue weighted by Gasteiger charge is -2.15. The maximum absolute atomic E-state index is 5.78. The van der Waals surface area contributed by atoms with Gasteiger partial charge < -0.3 is 10.6 Å². The second-order valence-electron chi connectivity index (χ2n) is 5.52. The molecule has 0 saturated heterocycles. The number of aliphatic imine (C=N–C) groups is 1. The molecule has 0 radical (unpaired) electrons. The van der Waals surface area contributed by atoms with Crippen molar-refractivity contribution in [3.05, 3.63) is 40.7 Å². The van der Waals surface area contributed by atoms with Crippen molar-refractivity contribution in [2.45, 2.75) is 38.5 Å². The van der Waals surface area contributed by atoms with Gasteiger partial charge in [-0.25, -0.2) is 4.98 Å². The Morgan fingerprint density at radius 1 is 1.22 bits per heavy atom. The highest BCUT2D eigenvalue weighted by Gasteiger charge is 2.04. The van der Waals surface area contributed by atoms with E-state index in [0.29, 0.717) is 5.15 Å². The molecule has 1 aromatic rings. The fraction of sp³-hybridized carbons (Fsp3) is 0.529. The molecule has 23 heavy (non-hydrogen) atoms. The van der Waals surface area contributed by atoms with Crippen molar-refractivity contribution in [3.63, 3.8) is 0 Å². The van der Waals surface area contributed by atoms with E-state index in [9.17, 15) is 0 Å². The smallest absolute Gasteiger partial charge is 0.190 e. The number of nitrogens with zero attached hydrogens (tertiary/aromatic N) is 2. The zero-order valence-electron chi connectivity index (χ0n) is 13.6. The van der Waals surface area contributed by atoms with E-state index in [4.69, 9.17) is 11.6 Å². The van der Waals surface area contributed by atoms with Crippen LogP contribution in [0.25, 0.3) is 0 Å². The molecule has 0 spiro atoms. The van der Waals surface area contributed by atoms with Crippen LogP contribution in [0, 0.1) is 0 Å². The first-order valence-electron chi connectivity index (χ1n) is 8.01. The average Bonchev–Trinajstić information content (AvgIpc) is 2.56. The Morgan fingerprint density at radius 2 is 2.00 bits per heavy atom. The number of aromatic nitrogens is 1. The third-order valence-corrected chi connectivity index (χ3v) is 4.07. The molecule has 0 fully saturated rings. The summed E-state index contributed by atoms with van der Waals surface area (Å²) in [5.41, 5.74) is 2.75. The molecule has 1 aromatic heterocycles. The van der Waals surface area contributed by atoms with Gasteiger partial charge in [-0.05, 0) is 50.2 Å². The van der Waals surface area contributed by atoms with Crippen LogP contribution in [0.5, 0.6) is 0 Å². The van der Waals surface area contributed by atoms with Crippen molar-refractivity contribution in [3.8, 4) is 0 Å². The molecular weight excluding hydrogens is 423 g/mol. The standard InChI is InChI=1S/C17H25ClN4.HI/c1-19-17(20-11-9-14-5-3-2-4-6-14)21-12-10-15-7-8-16(18)22-13-15;/h5,7-8,13H,2-4,6,9-12H2,1H3,(H2,19,20,21);1H. The molecule has 2 rings (SSSR count). The van der Waals surface area contributed by atoms with Gasteiger partial charge in [0, 0.05) is 26.3 Å². The van der Waals surface area contributed by atoms with E-state index in [2.05, 4.69) is 26.7 Å². The van der Waals surface area contributed by atoms with E-state index in [1.165, 1.54) is 31.2 Å². The predicted molar refractivity (Wildman–Crippen MR) is 109 cm³/mol. The third kappa shape index (κ3) is 8.01.